The first-order valence-corrected chi connectivity index (χ1v) is 10.8. The molecule has 2 aliphatic heterocycles. The highest BCUT2D eigenvalue weighted by Gasteiger charge is 2.27. The highest BCUT2D eigenvalue weighted by molar-refractivity contribution is 5.96. The molecule has 0 saturated carbocycles. The molecule has 3 rings (SSSR count). The summed E-state index contributed by atoms with van der Waals surface area (Å²) in [6.45, 7) is 6.25. The van der Waals surface area contributed by atoms with E-state index in [1.54, 1.807) is 4.90 Å². The number of rotatable bonds is 6. The topological polar surface area (TPSA) is 81.8 Å². The fraction of sp³-hybridized carbons (Fsp3) is 0.591. The summed E-state index contributed by atoms with van der Waals surface area (Å²) < 4.78 is 0. The molecule has 0 radical (unpaired) electrons. The lowest BCUT2D eigenvalue weighted by atomic mass is 9.98. The molecule has 0 bridgehead atoms. The second-order valence-electron chi connectivity index (χ2n) is 7.91. The Bertz CT molecular complexity index is 722. The predicted molar refractivity (Wildman–Crippen MR) is 114 cm³/mol. The molecule has 1 aromatic rings. The van der Waals surface area contributed by atoms with Crippen LogP contribution in [-0.2, 0) is 9.59 Å². The molecule has 2 saturated heterocycles. The van der Waals surface area contributed by atoms with Gasteiger partial charge in [0.25, 0.3) is 0 Å². The minimum atomic E-state index is -0.236. The van der Waals surface area contributed by atoms with Gasteiger partial charge in [-0.15, -0.1) is 0 Å². The summed E-state index contributed by atoms with van der Waals surface area (Å²) in [6.07, 6.45) is 4.79. The number of carbonyl (C=O) groups excluding carboxylic acids is 3. The lowest BCUT2D eigenvalue weighted by molar-refractivity contribution is -0.136. The lowest BCUT2D eigenvalue weighted by Crippen LogP contribution is -2.48. The van der Waals surface area contributed by atoms with Crippen LogP contribution in [0.2, 0.25) is 0 Å². The number of benzene rings is 1. The molecule has 0 aliphatic carbocycles. The van der Waals surface area contributed by atoms with Crippen molar-refractivity contribution in [3.63, 3.8) is 0 Å². The van der Waals surface area contributed by atoms with Crippen molar-refractivity contribution in [3.8, 4) is 0 Å². The van der Waals surface area contributed by atoms with Crippen LogP contribution in [0.3, 0.4) is 0 Å². The second kappa shape index (κ2) is 9.76. The van der Waals surface area contributed by atoms with E-state index in [2.05, 4.69) is 24.5 Å². The summed E-state index contributed by atoms with van der Waals surface area (Å²) in [4.78, 5) is 40.3. The van der Waals surface area contributed by atoms with E-state index in [0.717, 1.165) is 44.3 Å². The quantitative estimate of drug-likeness (QED) is 0.768. The number of carbonyl (C=O) groups is 3. The van der Waals surface area contributed by atoms with Crippen molar-refractivity contribution in [1.82, 2.24) is 10.2 Å². The van der Waals surface area contributed by atoms with Crippen LogP contribution in [0.25, 0.3) is 0 Å². The van der Waals surface area contributed by atoms with E-state index in [-0.39, 0.29) is 29.8 Å². The molecule has 158 valence electrons. The van der Waals surface area contributed by atoms with E-state index in [1.807, 2.05) is 29.2 Å². The van der Waals surface area contributed by atoms with Crippen molar-refractivity contribution in [2.24, 2.45) is 5.92 Å². The Kier molecular flexibility index (Phi) is 7.12. The molecule has 2 fully saturated rings. The van der Waals surface area contributed by atoms with E-state index < -0.39 is 0 Å². The van der Waals surface area contributed by atoms with Gasteiger partial charge >= 0.3 is 6.03 Å². The normalized spacial score (nSPS) is 17.7. The molecule has 2 N–H and O–H groups in total. The molecule has 2 heterocycles. The van der Waals surface area contributed by atoms with E-state index in [4.69, 9.17) is 0 Å². The van der Waals surface area contributed by atoms with Gasteiger partial charge in [0, 0.05) is 49.4 Å². The Morgan fingerprint density at radius 2 is 1.72 bits per heavy atom. The molecule has 0 spiro atoms. The van der Waals surface area contributed by atoms with Crippen LogP contribution in [0.1, 0.15) is 52.4 Å². The van der Waals surface area contributed by atoms with Crippen molar-refractivity contribution >= 4 is 29.2 Å². The minimum absolute atomic E-state index is 0.0715. The van der Waals surface area contributed by atoms with Crippen molar-refractivity contribution in [3.05, 3.63) is 24.3 Å². The third-order valence-electron chi connectivity index (χ3n) is 5.99. The van der Waals surface area contributed by atoms with Gasteiger partial charge in [0.05, 0.1) is 0 Å². The maximum atomic E-state index is 12.5. The molecular weight excluding hydrogens is 368 g/mol. The van der Waals surface area contributed by atoms with Crippen molar-refractivity contribution in [2.45, 2.75) is 58.4 Å². The molecule has 2 aliphatic rings. The lowest BCUT2D eigenvalue weighted by Gasteiger charge is -2.34. The number of anilines is 2. The third kappa shape index (κ3) is 5.28. The Morgan fingerprint density at radius 1 is 1.07 bits per heavy atom. The van der Waals surface area contributed by atoms with Gasteiger partial charge in [0.15, 0.2) is 0 Å². The van der Waals surface area contributed by atoms with Gasteiger partial charge in [-0.1, -0.05) is 13.8 Å². The molecule has 4 amide bonds. The highest BCUT2D eigenvalue weighted by atomic mass is 16.2. The van der Waals surface area contributed by atoms with Gasteiger partial charge in [-0.3, -0.25) is 9.59 Å². The van der Waals surface area contributed by atoms with Crippen LogP contribution in [0.4, 0.5) is 16.2 Å². The molecule has 7 nitrogen and oxygen atoms in total. The summed E-state index contributed by atoms with van der Waals surface area (Å²) in [7, 11) is 0. The first kappa shape index (κ1) is 21.1. The third-order valence-corrected chi connectivity index (χ3v) is 5.99. The van der Waals surface area contributed by atoms with Crippen LogP contribution < -0.4 is 15.5 Å². The molecular formula is C22H32N4O3. The standard InChI is InChI=1S/C22H32N4O3/c1-3-16(4-2)21(28)25-14-11-18(12-15-25)24-22(29)23-17-7-9-19(10-8-17)26-13-5-6-20(26)27/h7-10,16,18H,3-6,11-15H2,1-2H3,(H2,23,24,29). The molecule has 0 unspecified atom stereocenters. The average molecular weight is 401 g/mol. The van der Waals surface area contributed by atoms with E-state index >= 15 is 0 Å². The number of nitrogens with one attached hydrogen (secondary N) is 2. The molecule has 0 atom stereocenters. The summed E-state index contributed by atoms with van der Waals surface area (Å²) in [5, 5.41) is 5.86. The SMILES string of the molecule is CCC(CC)C(=O)N1CCC(NC(=O)Nc2ccc(N3CCCC3=O)cc2)CC1. The second-order valence-corrected chi connectivity index (χ2v) is 7.91. The van der Waals surface area contributed by atoms with Crippen LogP contribution >= 0.6 is 0 Å². The fourth-order valence-corrected chi connectivity index (χ4v) is 4.14. The zero-order valence-corrected chi connectivity index (χ0v) is 17.4. The Morgan fingerprint density at radius 3 is 2.28 bits per heavy atom. The van der Waals surface area contributed by atoms with Gasteiger partial charge < -0.3 is 20.4 Å². The Hall–Kier alpha value is -2.57. The number of amides is 4. The van der Waals surface area contributed by atoms with Crippen molar-refractivity contribution < 1.29 is 14.4 Å². The summed E-state index contributed by atoms with van der Waals surface area (Å²) in [5.41, 5.74) is 1.56. The van der Waals surface area contributed by atoms with Crippen LogP contribution in [-0.4, -0.2) is 48.4 Å². The summed E-state index contributed by atoms with van der Waals surface area (Å²) >= 11 is 0. The van der Waals surface area contributed by atoms with Crippen LogP contribution in [0, 0.1) is 5.92 Å². The number of urea groups is 1. The van der Waals surface area contributed by atoms with Crippen molar-refractivity contribution in [2.75, 3.05) is 29.9 Å². The maximum Gasteiger partial charge on any atom is 0.319 e. The fourth-order valence-electron chi connectivity index (χ4n) is 4.14. The first-order valence-electron chi connectivity index (χ1n) is 10.8. The number of hydrogen-bond acceptors (Lipinski definition) is 3. The van der Waals surface area contributed by atoms with Crippen LogP contribution in [0.5, 0.6) is 0 Å². The number of hydrogen-bond donors (Lipinski definition) is 2. The largest absolute Gasteiger partial charge is 0.342 e. The van der Waals surface area contributed by atoms with E-state index in [9.17, 15) is 14.4 Å². The maximum absolute atomic E-state index is 12.5. The summed E-state index contributed by atoms with van der Waals surface area (Å²) in [5.74, 6) is 0.508. The van der Waals surface area contributed by atoms with E-state index in [1.165, 1.54) is 0 Å². The van der Waals surface area contributed by atoms with Crippen LogP contribution in [0.15, 0.2) is 24.3 Å². The zero-order valence-electron chi connectivity index (χ0n) is 17.4. The monoisotopic (exact) mass is 400 g/mol. The van der Waals surface area contributed by atoms with E-state index in [0.29, 0.717) is 25.2 Å². The smallest absolute Gasteiger partial charge is 0.319 e. The van der Waals surface area contributed by atoms with Gasteiger partial charge in [-0.05, 0) is 56.4 Å². The van der Waals surface area contributed by atoms with Gasteiger partial charge in [-0.2, -0.15) is 0 Å². The average Bonchev–Trinajstić information content (AvgIpc) is 3.16. The highest BCUT2D eigenvalue weighted by Crippen LogP contribution is 2.23. The number of piperidine rings is 1. The number of likely N-dealkylation sites (tertiary alicyclic amines) is 1. The minimum Gasteiger partial charge on any atom is -0.342 e. The zero-order chi connectivity index (χ0) is 20.8. The molecule has 1 aromatic carbocycles. The van der Waals surface area contributed by atoms with Gasteiger partial charge in [0.2, 0.25) is 11.8 Å². The molecule has 29 heavy (non-hydrogen) atoms. The Labute approximate surface area is 172 Å². The summed E-state index contributed by atoms with van der Waals surface area (Å²) in [6, 6.07) is 7.19. The van der Waals surface area contributed by atoms with Gasteiger partial charge in [-0.25, -0.2) is 4.79 Å². The predicted octanol–water partition coefficient (Wildman–Crippen LogP) is 3.36. The Balaban J connectivity index is 1.44. The molecule has 7 heteroatoms. The van der Waals surface area contributed by atoms with Gasteiger partial charge in [0.1, 0.15) is 0 Å². The number of nitrogens with zero attached hydrogens (tertiary/aromatic N) is 2. The van der Waals surface area contributed by atoms with Crippen molar-refractivity contribution in [1.29, 1.82) is 0 Å². The first-order chi connectivity index (χ1) is 14.0. The molecule has 0 aromatic heterocycles.